The van der Waals surface area contributed by atoms with Crippen LogP contribution in [0.3, 0.4) is 0 Å². The minimum Gasteiger partial charge on any atom is -0.456 e. The third-order valence-corrected chi connectivity index (χ3v) is 10.3. The Morgan fingerprint density at radius 1 is 0.420 bits per heavy atom. The Hall–Kier alpha value is -6.39. The number of fused-ring (bicyclic) bond motifs is 7. The van der Waals surface area contributed by atoms with Crippen molar-refractivity contribution in [1.29, 1.82) is 0 Å². The molecule has 10 rings (SSSR count). The van der Waals surface area contributed by atoms with E-state index in [1.165, 1.54) is 33.0 Å². The predicted octanol–water partition coefficient (Wildman–Crippen LogP) is 11.9. The molecule has 4 nitrogen and oxygen atoms in total. The quantitative estimate of drug-likeness (QED) is 0.192. The van der Waals surface area contributed by atoms with Crippen molar-refractivity contribution in [3.05, 3.63) is 163 Å². The summed E-state index contributed by atoms with van der Waals surface area (Å²) in [6.45, 7) is 4.60. The summed E-state index contributed by atoms with van der Waals surface area (Å²) in [5.41, 5.74) is 12.0. The van der Waals surface area contributed by atoms with E-state index in [9.17, 15) is 0 Å². The molecule has 50 heavy (non-hydrogen) atoms. The molecule has 7 aromatic carbocycles. The van der Waals surface area contributed by atoms with Crippen LogP contribution in [0.1, 0.15) is 25.0 Å². The fraction of sp³-hybridized carbons (Fsp3) is 0.0652. The summed E-state index contributed by atoms with van der Waals surface area (Å²) in [6, 6.07) is 53.1. The minimum absolute atomic E-state index is 0.0630. The molecule has 9 aromatic rings. The Morgan fingerprint density at radius 2 is 1.00 bits per heavy atom. The number of nitrogens with zero attached hydrogens (tertiary/aromatic N) is 3. The fourth-order valence-corrected chi connectivity index (χ4v) is 7.76. The van der Waals surface area contributed by atoms with Crippen LogP contribution in [-0.4, -0.2) is 15.0 Å². The second-order valence-electron chi connectivity index (χ2n) is 13.7. The highest BCUT2D eigenvalue weighted by atomic mass is 16.3. The molecule has 0 aliphatic heterocycles. The normalized spacial score (nSPS) is 13.2. The van der Waals surface area contributed by atoms with E-state index in [1.807, 2.05) is 36.4 Å². The van der Waals surface area contributed by atoms with Crippen LogP contribution in [0, 0.1) is 0 Å². The number of hydrogen-bond acceptors (Lipinski definition) is 4. The van der Waals surface area contributed by atoms with E-state index in [-0.39, 0.29) is 5.41 Å². The average molecular weight is 642 g/mol. The van der Waals surface area contributed by atoms with Gasteiger partial charge >= 0.3 is 0 Å². The Balaban J connectivity index is 1.09. The van der Waals surface area contributed by atoms with Crippen LogP contribution in [0.2, 0.25) is 0 Å². The zero-order chi connectivity index (χ0) is 33.4. The summed E-state index contributed by atoms with van der Waals surface area (Å²) in [5.74, 6) is 1.95. The highest BCUT2D eigenvalue weighted by Crippen LogP contribution is 2.49. The third-order valence-electron chi connectivity index (χ3n) is 10.3. The van der Waals surface area contributed by atoms with Gasteiger partial charge in [-0.3, -0.25) is 0 Å². The maximum absolute atomic E-state index is 6.36. The van der Waals surface area contributed by atoms with Gasteiger partial charge in [0.2, 0.25) is 0 Å². The number of hydrogen-bond donors (Lipinski definition) is 0. The Morgan fingerprint density at radius 3 is 1.78 bits per heavy atom. The van der Waals surface area contributed by atoms with Gasteiger partial charge in [-0.15, -0.1) is 0 Å². The lowest BCUT2D eigenvalue weighted by molar-refractivity contribution is 0.660. The lowest BCUT2D eigenvalue weighted by Gasteiger charge is -2.21. The highest BCUT2D eigenvalue weighted by Gasteiger charge is 2.35. The van der Waals surface area contributed by atoms with Gasteiger partial charge in [0, 0.05) is 32.9 Å². The van der Waals surface area contributed by atoms with Gasteiger partial charge in [-0.05, 0) is 68.4 Å². The molecule has 1 aliphatic rings. The molecule has 0 N–H and O–H groups in total. The molecule has 0 saturated heterocycles. The summed E-state index contributed by atoms with van der Waals surface area (Å²) in [5, 5.41) is 4.61. The lowest BCUT2D eigenvalue weighted by atomic mass is 9.82. The standard InChI is InChI=1S/C46H31N3O/c1-46(2)38-17-9-8-15-35(38)36-26-33(23-24-39(36)46)45-48-43(29-11-4-3-5-12-29)47-44(49-45)30-21-19-28(20-22-30)34-16-10-18-40-42(34)37-25-31-13-6-7-14-32(31)27-41(37)50-40/h3-27H,1-2H3. The van der Waals surface area contributed by atoms with Crippen LogP contribution in [0.25, 0.3) is 89.1 Å². The van der Waals surface area contributed by atoms with Gasteiger partial charge in [-0.1, -0.05) is 141 Å². The molecule has 2 aromatic heterocycles. The SMILES string of the molecule is CC1(C)c2ccccc2-c2cc(-c3nc(-c4ccccc4)nc(-c4ccc(-c5cccc6oc7cc8ccccc8cc7c56)cc4)n3)ccc21. The summed E-state index contributed by atoms with van der Waals surface area (Å²) >= 11 is 0. The molecule has 1 aliphatic carbocycles. The molecular formula is C46H31N3O. The van der Waals surface area contributed by atoms with Gasteiger partial charge in [0.15, 0.2) is 17.5 Å². The van der Waals surface area contributed by atoms with Crippen LogP contribution in [0.15, 0.2) is 156 Å². The van der Waals surface area contributed by atoms with E-state index in [4.69, 9.17) is 19.4 Å². The Kier molecular flexibility index (Phi) is 6.19. The predicted molar refractivity (Wildman–Crippen MR) is 204 cm³/mol. The first-order valence-electron chi connectivity index (χ1n) is 17.0. The largest absolute Gasteiger partial charge is 0.456 e. The van der Waals surface area contributed by atoms with Crippen molar-refractivity contribution in [1.82, 2.24) is 15.0 Å². The van der Waals surface area contributed by atoms with Crippen molar-refractivity contribution >= 4 is 32.7 Å². The molecule has 0 unspecified atom stereocenters. The number of rotatable bonds is 4. The van der Waals surface area contributed by atoms with E-state index >= 15 is 0 Å². The van der Waals surface area contributed by atoms with Crippen molar-refractivity contribution in [2.24, 2.45) is 0 Å². The maximum atomic E-state index is 6.36. The minimum atomic E-state index is -0.0630. The third kappa shape index (κ3) is 4.42. The van der Waals surface area contributed by atoms with E-state index < -0.39 is 0 Å². The zero-order valence-corrected chi connectivity index (χ0v) is 27.7. The van der Waals surface area contributed by atoms with Crippen molar-refractivity contribution in [2.45, 2.75) is 19.3 Å². The van der Waals surface area contributed by atoms with Gasteiger partial charge in [0.25, 0.3) is 0 Å². The Labute approximate surface area is 289 Å². The second-order valence-corrected chi connectivity index (χ2v) is 13.7. The number of benzene rings is 7. The molecule has 0 bridgehead atoms. The van der Waals surface area contributed by atoms with Gasteiger partial charge in [0.1, 0.15) is 11.2 Å². The average Bonchev–Trinajstić information content (AvgIpc) is 3.65. The second kappa shape index (κ2) is 10.8. The number of furan rings is 1. The fourth-order valence-electron chi connectivity index (χ4n) is 7.76. The van der Waals surface area contributed by atoms with Crippen LogP contribution < -0.4 is 0 Å². The van der Waals surface area contributed by atoms with Gasteiger partial charge in [-0.2, -0.15) is 0 Å². The van der Waals surface area contributed by atoms with E-state index in [2.05, 4.69) is 129 Å². The Bertz CT molecular complexity index is 2780. The zero-order valence-electron chi connectivity index (χ0n) is 27.7. The number of aromatic nitrogens is 3. The molecule has 0 fully saturated rings. The van der Waals surface area contributed by atoms with Crippen LogP contribution in [0.5, 0.6) is 0 Å². The first-order valence-corrected chi connectivity index (χ1v) is 17.0. The summed E-state index contributed by atoms with van der Waals surface area (Å²) in [7, 11) is 0. The van der Waals surface area contributed by atoms with E-state index in [1.54, 1.807) is 0 Å². The molecule has 0 saturated carbocycles. The molecule has 0 atom stereocenters. The highest BCUT2D eigenvalue weighted by molar-refractivity contribution is 6.15. The first-order chi connectivity index (χ1) is 24.5. The molecule has 236 valence electrons. The monoisotopic (exact) mass is 641 g/mol. The van der Waals surface area contributed by atoms with Gasteiger partial charge in [-0.25, -0.2) is 15.0 Å². The molecule has 4 heteroatoms. The van der Waals surface area contributed by atoms with Crippen LogP contribution >= 0.6 is 0 Å². The van der Waals surface area contributed by atoms with Gasteiger partial charge in [0.05, 0.1) is 0 Å². The van der Waals surface area contributed by atoms with Gasteiger partial charge < -0.3 is 4.42 Å². The van der Waals surface area contributed by atoms with Crippen molar-refractivity contribution in [2.75, 3.05) is 0 Å². The molecule has 0 amide bonds. The topological polar surface area (TPSA) is 51.8 Å². The van der Waals surface area contributed by atoms with E-state index in [0.717, 1.165) is 49.8 Å². The molecule has 2 heterocycles. The van der Waals surface area contributed by atoms with Crippen molar-refractivity contribution in [3.63, 3.8) is 0 Å². The summed E-state index contributed by atoms with van der Waals surface area (Å²) in [4.78, 5) is 15.1. The summed E-state index contributed by atoms with van der Waals surface area (Å²) in [6.07, 6.45) is 0. The molecular weight excluding hydrogens is 611 g/mol. The van der Waals surface area contributed by atoms with E-state index in [0.29, 0.717) is 17.5 Å². The molecule has 0 radical (unpaired) electrons. The maximum Gasteiger partial charge on any atom is 0.164 e. The van der Waals surface area contributed by atoms with Crippen molar-refractivity contribution in [3.8, 4) is 56.4 Å². The van der Waals surface area contributed by atoms with Crippen LogP contribution in [-0.2, 0) is 5.41 Å². The molecule has 0 spiro atoms. The van der Waals surface area contributed by atoms with Crippen LogP contribution in [0.4, 0.5) is 0 Å². The van der Waals surface area contributed by atoms with Crippen molar-refractivity contribution < 1.29 is 4.42 Å². The lowest BCUT2D eigenvalue weighted by Crippen LogP contribution is -2.14. The summed E-state index contributed by atoms with van der Waals surface area (Å²) < 4.78 is 6.36. The first kappa shape index (κ1) is 28.6. The smallest absolute Gasteiger partial charge is 0.164 e.